The van der Waals surface area contributed by atoms with Crippen molar-refractivity contribution in [3.8, 4) is 5.75 Å². The Kier molecular flexibility index (Phi) is 11.0. The molecule has 0 bridgehead atoms. The maximum absolute atomic E-state index is 12.6. The number of nitrogens with one attached hydrogen (secondary N) is 4. The van der Waals surface area contributed by atoms with E-state index in [9.17, 15) is 29.1 Å². The predicted molar refractivity (Wildman–Crippen MR) is 133 cm³/mol. The third kappa shape index (κ3) is 10.4. The van der Waals surface area contributed by atoms with Crippen LogP contribution in [0.1, 0.15) is 18.1 Å². The second kappa shape index (κ2) is 14.2. The normalized spacial score (nSPS) is 12.9. The first kappa shape index (κ1) is 28.8. The lowest BCUT2D eigenvalue weighted by atomic mass is 10.0. The minimum atomic E-state index is -1.23. The van der Waals surface area contributed by atoms with Gasteiger partial charge in [-0.3, -0.25) is 24.0 Å². The minimum Gasteiger partial charge on any atom is -0.508 e. The molecule has 198 valence electrons. The van der Waals surface area contributed by atoms with Crippen molar-refractivity contribution in [2.45, 2.75) is 37.9 Å². The fourth-order valence-corrected chi connectivity index (χ4v) is 3.20. The van der Waals surface area contributed by atoms with Gasteiger partial charge in [0.15, 0.2) is 0 Å². The third-order valence-electron chi connectivity index (χ3n) is 5.26. The molecule has 0 aliphatic heterocycles. The smallest absolute Gasteiger partial charge is 0.325 e. The third-order valence-corrected chi connectivity index (χ3v) is 5.26. The van der Waals surface area contributed by atoms with Crippen LogP contribution in [0.5, 0.6) is 5.75 Å². The zero-order valence-corrected chi connectivity index (χ0v) is 20.3. The Morgan fingerprint density at radius 2 is 1.38 bits per heavy atom. The summed E-state index contributed by atoms with van der Waals surface area (Å²) in [6, 6.07) is 11.9. The summed E-state index contributed by atoms with van der Waals surface area (Å²) < 4.78 is 0. The molecular weight excluding hydrogens is 482 g/mol. The van der Waals surface area contributed by atoms with Crippen LogP contribution in [0.15, 0.2) is 54.6 Å². The second-order valence-electron chi connectivity index (χ2n) is 8.35. The molecule has 0 aliphatic carbocycles. The number of carboxylic acid groups (broad SMARTS) is 1. The van der Waals surface area contributed by atoms with E-state index in [1.165, 1.54) is 19.1 Å². The van der Waals surface area contributed by atoms with E-state index in [4.69, 9.17) is 10.8 Å². The highest BCUT2D eigenvalue weighted by molar-refractivity contribution is 5.93. The molecule has 0 saturated heterocycles. The van der Waals surface area contributed by atoms with Crippen molar-refractivity contribution in [1.29, 1.82) is 0 Å². The topological polar surface area (TPSA) is 200 Å². The zero-order chi connectivity index (χ0) is 27.4. The highest BCUT2D eigenvalue weighted by Gasteiger charge is 2.25. The van der Waals surface area contributed by atoms with Crippen LogP contribution in [0.3, 0.4) is 0 Å². The van der Waals surface area contributed by atoms with Gasteiger partial charge < -0.3 is 37.2 Å². The fraction of sp³-hybridized carbons (Fsp3) is 0.320. The van der Waals surface area contributed by atoms with Crippen LogP contribution in [0.25, 0.3) is 0 Å². The highest BCUT2D eigenvalue weighted by Crippen LogP contribution is 2.10. The van der Waals surface area contributed by atoms with E-state index in [1.807, 2.05) is 0 Å². The van der Waals surface area contributed by atoms with Gasteiger partial charge in [0.25, 0.3) is 0 Å². The number of aromatic hydroxyl groups is 1. The highest BCUT2D eigenvalue weighted by atomic mass is 16.4. The maximum atomic E-state index is 12.6. The fourth-order valence-electron chi connectivity index (χ4n) is 3.20. The van der Waals surface area contributed by atoms with Crippen LogP contribution in [-0.2, 0) is 36.8 Å². The number of phenols is 1. The van der Waals surface area contributed by atoms with Crippen LogP contribution >= 0.6 is 0 Å². The monoisotopic (exact) mass is 513 g/mol. The Labute approximate surface area is 213 Å². The maximum Gasteiger partial charge on any atom is 0.325 e. The summed E-state index contributed by atoms with van der Waals surface area (Å²) in [5, 5.41) is 27.9. The van der Waals surface area contributed by atoms with Gasteiger partial charge in [-0.05, 0) is 36.6 Å². The predicted octanol–water partition coefficient (Wildman–Crippen LogP) is -1.19. The summed E-state index contributed by atoms with van der Waals surface area (Å²) in [6.45, 7) is 0.410. The number of rotatable bonds is 13. The largest absolute Gasteiger partial charge is 0.508 e. The van der Waals surface area contributed by atoms with Crippen molar-refractivity contribution in [2.24, 2.45) is 5.73 Å². The van der Waals surface area contributed by atoms with Gasteiger partial charge >= 0.3 is 5.97 Å². The average Bonchev–Trinajstić information content (AvgIpc) is 2.87. The lowest BCUT2D eigenvalue weighted by Gasteiger charge is -2.20. The summed E-state index contributed by atoms with van der Waals surface area (Å²) >= 11 is 0. The van der Waals surface area contributed by atoms with Crippen LogP contribution < -0.4 is 27.0 Å². The van der Waals surface area contributed by atoms with Gasteiger partial charge in [-0.25, -0.2) is 0 Å². The lowest BCUT2D eigenvalue weighted by Crippen LogP contribution is -2.53. The van der Waals surface area contributed by atoms with Crippen molar-refractivity contribution in [3.63, 3.8) is 0 Å². The van der Waals surface area contributed by atoms with Gasteiger partial charge in [0.2, 0.25) is 23.6 Å². The Balaban J connectivity index is 1.83. The molecule has 2 rings (SSSR count). The van der Waals surface area contributed by atoms with E-state index < -0.39 is 60.8 Å². The van der Waals surface area contributed by atoms with Crippen LogP contribution in [-0.4, -0.2) is 71.0 Å². The molecule has 2 aromatic rings. The number of nitrogens with two attached hydrogens (primary N) is 1. The number of benzene rings is 2. The second-order valence-corrected chi connectivity index (χ2v) is 8.35. The molecule has 0 aliphatic rings. The van der Waals surface area contributed by atoms with E-state index >= 15 is 0 Å². The van der Waals surface area contributed by atoms with Crippen molar-refractivity contribution in [1.82, 2.24) is 21.3 Å². The van der Waals surface area contributed by atoms with E-state index in [1.54, 1.807) is 42.5 Å². The molecule has 0 heterocycles. The van der Waals surface area contributed by atoms with E-state index in [0.29, 0.717) is 0 Å². The Morgan fingerprint density at radius 3 is 2.00 bits per heavy atom. The number of hydrogen-bond donors (Lipinski definition) is 7. The Morgan fingerprint density at radius 1 is 0.784 bits per heavy atom. The molecular formula is C25H31N5O7. The van der Waals surface area contributed by atoms with Gasteiger partial charge in [-0.15, -0.1) is 0 Å². The van der Waals surface area contributed by atoms with Crippen molar-refractivity contribution >= 4 is 29.6 Å². The molecule has 3 atom stereocenters. The summed E-state index contributed by atoms with van der Waals surface area (Å²) in [4.78, 5) is 60.3. The molecule has 0 radical (unpaired) electrons. The van der Waals surface area contributed by atoms with Gasteiger partial charge in [0, 0.05) is 6.42 Å². The van der Waals surface area contributed by atoms with Crippen molar-refractivity contribution in [3.05, 3.63) is 65.7 Å². The Bertz CT molecular complexity index is 1090. The standard InChI is InChI=1S/C25H31N5O7/c1-15(25(36)37)29-24(35)20(12-16-5-3-2-4-6-16)30-22(33)14-27-21(32)13-28-23(34)19(26)11-17-7-9-18(31)10-8-17/h2-10,15,19-20,31H,11-14,26H2,1H3,(H,27,32)(H,28,34)(H,29,35)(H,30,33)(H,36,37)/t15-,19-,20-/m0/s1. The molecule has 8 N–H and O–H groups in total. The van der Waals surface area contributed by atoms with Crippen molar-refractivity contribution < 1.29 is 34.2 Å². The van der Waals surface area contributed by atoms with Gasteiger partial charge in [-0.1, -0.05) is 42.5 Å². The quantitative estimate of drug-likeness (QED) is 0.173. The molecule has 0 fully saturated rings. The van der Waals surface area contributed by atoms with E-state index in [-0.39, 0.29) is 18.6 Å². The molecule has 0 aromatic heterocycles. The molecule has 12 heteroatoms. The lowest BCUT2D eigenvalue weighted by molar-refractivity contribution is -0.141. The molecule has 0 unspecified atom stereocenters. The van der Waals surface area contributed by atoms with Gasteiger partial charge in [0.1, 0.15) is 17.8 Å². The zero-order valence-electron chi connectivity index (χ0n) is 20.3. The number of amides is 4. The summed E-state index contributed by atoms with van der Waals surface area (Å²) in [5.74, 6) is -3.72. The van der Waals surface area contributed by atoms with Crippen LogP contribution in [0.4, 0.5) is 0 Å². The first-order chi connectivity index (χ1) is 17.5. The van der Waals surface area contributed by atoms with Crippen molar-refractivity contribution in [2.75, 3.05) is 13.1 Å². The van der Waals surface area contributed by atoms with E-state index in [0.717, 1.165) is 11.1 Å². The first-order valence-electron chi connectivity index (χ1n) is 11.5. The molecule has 12 nitrogen and oxygen atoms in total. The summed E-state index contributed by atoms with van der Waals surface area (Å²) in [5.41, 5.74) is 7.32. The molecule has 0 saturated carbocycles. The van der Waals surface area contributed by atoms with Gasteiger partial charge in [0.05, 0.1) is 19.1 Å². The van der Waals surface area contributed by atoms with Crippen LogP contribution in [0, 0.1) is 0 Å². The number of carbonyl (C=O) groups excluding carboxylic acids is 4. The van der Waals surface area contributed by atoms with Gasteiger partial charge in [-0.2, -0.15) is 0 Å². The van der Waals surface area contributed by atoms with Crippen LogP contribution in [0.2, 0.25) is 0 Å². The number of hydrogen-bond acceptors (Lipinski definition) is 7. The molecule has 2 aromatic carbocycles. The minimum absolute atomic E-state index is 0.0873. The molecule has 0 spiro atoms. The Hall–Kier alpha value is -4.45. The average molecular weight is 514 g/mol. The number of carbonyl (C=O) groups is 5. The summed E-state index contributed by atoms with van der Waals surface area (Å²) in [6.07, 6.45) is 0.301. The number of aliphatic carboxylic acids is 1. The molecule has 37 heavy (non-hydrogen) atoms. The number of phenolic OH excluding ortho intramolecular Hbond substituents is 1. The summed E-state index contributed by atoms with van der Waals surface area (Å²) in [7, 11) is 0. The SMILES string of the molecule is C[C@H](NC(=O)[C@H](Cc1ccccc1)NC(=O)CNC(=O)CNC(=O)[C@@H](N)Cc1ccc(O)cc1)C(=O)O. The first-order valence-corrected chi connectivity index (χ1v) is 11.5. The molecule has 4 amide bonds. The van der Waals surface area contributed by atoms with E-state index in [2.05, 4.69) is 21.3 Å². The number of carboxylic acids is 1.